The second kappa shape index (κ2) is 7.53. The summed E-state index contributed by atoms with van der Waals surface area (Å²) in [4.78, 5) is 25.6. The minimum atomic E-state index is -0.729. The number of carbonyl (C=O) groups excluding carboxylic acids is 2. The summed E-state index contributed by atoms with van der Waals surface area (Å²) in [6.07, 6.45) is 0. The number of esters is 1. The van der Waals surface area contributed by atoms with E-state index in [1.165, 1.54) is 19.1 Å². The van der Waals surface area contributed by atoms with Gasteiger partial charge in [-0.3, -0.25) is 4.79 Å². The quantitative estimate of drug-likeness (QED) is 0.728. The first-order valence-electron chi connectivity index (χ1n) is 6.08. The van der Waals surface area contributed by atoms with Crippen LogP contribution in [0.5, 0.6) is 0 Å². The predicted octanol–water partition coefficient (Wildman–Crippen LogP) is 1.34. The van der Waals surface area contributed by atoms with Crippen LogP contribution in [0.2, 0.25) is 0 Å². The molecule has 1 atom stereocenters. The van der Waals surface area contributed by atoms with Gasteiger partial charge in [0.1, 0.15) is 0 Å². The molecule has 0 heterocycles. The number of nitrogens with zero attached hydrogens (tertiary/aromatic N) is 1. The molecule has 5 nitrogen and oxygen atoms in total. The Balaban J connectivity index is 2.96. The van der Waals surface area contributed by atoms with E-state index >= 15 is 0 Å². The topological polar surface area (TPSA) is 55.8 Å². The fourth-order valence-electron chi connectivity index (χ4n) is 1.83. The Morgan fingerprint density at radius 1 is 1.21 bits per heavy atom. The zero-order valence-electron chi connectivity index (χ0n) is 11.5. The lowest BCUT2D eigenvalue weighted by molar-refractivity contribution is -0.147. The minimum Gasteiger partial charge on any atom is -0.467 e. The molecule has 0 bridgehead atoms. The predicted molar refractivity (Wildman–Crippen MR) is 70.8 cm³/mol. The van der Waals surface area contributed by atoms with Crippen molar-refractivity contribution < 1.29 is 19.1 Å². The Kier molecular flexibility index (Phi) is 6.02. The standard InChI is InChI=1S/C14H19NO4/c1-4-15(12(10-18-2)14(17)19-3)13(16)11-8-6-5-7-9-11/h5-9,12H,4,10H2,1-3H3. The molecule has 1 unspecified atom stereocenters. The Morgan fingerprint density at radius 2 is 1.84 bits per heavy atom. The number of amides is 1. The smallest absolute Gasteiger partial charge is 0.331 e. The first kappa shape index (κ1) is 15.2. The number of benzene rings is 1. The van der Waals surface area contributed by atoms with Gasteiger partial charge in [0.25, 0.3) is 5.91 Å². The number of methoxy groups -OCH3 is 2. The van der Waals surface area contributed by atoms with Crippen LogP contribution in [0, 0.1) is 0 Å². The van der Waals surface area contributed by atoms with Gasteiger partial charge in [0.05, 0.1) is 13.7 Å². The third-order valence-corrected chi connectivity index (χ3v) is 2.80. The van der Waals surface area contributed by atoms with Gasteiger partial charge in [-0.05, 0) is 19.1 Å². The molecule has 1 amide bonds. The average Bonchev–Trinajstić information content (AvgIpc) is 2.47. The summed E-state index contributed by atoms with van der Waals surface area (Å²) in [5.74, 6) is -0.691. The van der Waals surface area contributed by atoms with Crippen LogP contribution in [0.25, 0.3) is 0 Å². The number of ether oxygens (including phenoxy) is 2. The van der Waals surface area contributed by atoms with Crippen LogP contribution >= 0.6 is 0 Å². The number of carbonyl (C=O) groups is 2. The van der Waals surface area contributed by atoms with Crippen LogP contribution in [0.1, 0.15) is 17.3 Å². The van der Waals surface area contributed by atoms with Crippen LogP contribution in [-0.2, 0) is 14.3 Å². The molecule has 0 spiro atoms. The maximum atomic E-state index is 12.4. The maximum Gasteiger partial charge on any atom is 0.331 e. The second-order valence-corrected chi connectivity index (χ2v) is 3.95. The highest BCUT2D eigenvalue weighted by Gasteiger charge is 2.30. The summed E-state index contributed by atoms with van der Waals surface area (Å²) < 4.78 is 9.72. The van der Waals surface area contributed by atoms with E-state index < -0.39 is 12.0 Å². The Labute approximate surface area is 113 Å². The highest BCUT2D eigenvalue weighted by atomic mass is 16.5. The number of likely N-dealkylation sites (N-methyl/N-ethyl adjacent to an activating group) is 1. The third-order valence-electron chi connectivity index (χ3n) is 2.80. The van der Waals surface area contributed by atoms with Gasteiger partial charge in [0.15, 0.2) is 6.04 Å². The molecule has 0 aliphatic rings. The SMILES string of the molecule is CCN(C(=O)c1ccccc1)C(COC)C(=O)OC. The minimum absolute atomic E-state index is 0.110. The van der Waals surface area contributed by atoms with E-state index in [1.807, 2.05) is 13.0 Å². The molecule has 0 aromatic heterocycles. The first-order chi connectivity index (χ1) is 9.15. The molecular weight excluding hydrogens is 246 g/mol. The third kappa shape index (κ3) is 3.79. The van der Waals surface area contributed by atoms with Gasteiger partial charge in [0.2, 0.25) is 0 Å². The maximum absolute atomic E-state index is 12.4. The lowest BCUT2D eigenvalue weighted by Crippen LogP contribution is -2.48. The zero-order valence-corrected chi connectivity index (χ0v) is 11.5. The van der Waals surface area contributed by atoms with Crippen molar-refractivity contribution in [2.75, 3.05) is 27.4 Å². The number of hydrogen-bond acceptors (Lipinski definition) is 4. The van der Waals surface area contributed by atoms with Crippen molar-refractivity contribution in [2.24, 2.45) is 0 Å². The van der Waals surface area contributed by atoms with Gasteiger partial charge in [-0.1, -0.05) is 18.2 Å². The van der Waals surface area contributed by atoms with E-state index in [4.69, 9.17) is 9.47 Å². The van der Waals surface area contributed by atoms with Gasteiger partial charge in [0, 0.05) is 19.2 Å². The van der Waals surface area contributed by atoms with Crippen molar-refractivity contribution in [2.45, 2.75) is 13.0 Å². The van der Waals surface area contributed by atoms with Crippen molar-refractivity contribution in [1.82, 2.24) is 4.90 Å². The lowest BCUT2D eigenvalue weighted by atomic mass is 10.1. The summed E-state index contributed by atoms with van der Waals surface area (Å²) >= 11 is 0. The molecule has 0 aliphatic heterocycles. The fourth-order valence-corrected chi connectivity index (χ4v) is 1.83. The largest absolute Gasteiger partial charge is 0.467 e. The van der Waals surface area contributed by atoms with Gasteiger partial charge in [-0.2, -0.15) is 0 Å². The highest BCUT2D eigenvalue weighted by Crippen LogP contribution is 2.10. The molecule has 104 valence electrons. The molecule has 0 fully saturated rings. The molecule has 1 aromatic carbocycles. The molecule has 0 saturated carbocycles. The fraction of sp³-hybridized carbons (Fsp3) is 0.429. The Hall–Kier alpha value is -1.88. The van der Waals surface area contributed by atoms with E-state index in [9.17, 15) is 9.59 Å². The molecule has 5 heteroatoms. The van der Waals surface area contributed by atoms with E-state index in [2.05, 4.69) is 0 Å². The summed E-state index contributed by atoms with van der Waals surface area (Å²) in [6.45, 7) is 2.32. The number of hydrogen-bond donors (Lipinski definition) is 0. The van der Waals surface area contributed by atoms with Crippen molar-refractivity contribution in [1.29, 1.82) is 0 Å². The molecule has 0 radical (unpaired) electrons. The number of rotatable bonds is 6. The van der Waals surface area contributed by atoms with Crippen LogP contribution in [-0.4, -0.2) is 50.2 Å². The van der Waals surface area contributed by atoms with E-state index in [-0.39, 0.29) is 12.5 Å². The Morgan fingerprint density at radius 3 is 2.32 bits per heavy atom. The van der Waals surface area contributed by atoms with Crippen molar-refractivity contribution >= 4 is 11.9 Å². The van der Waals surface area contributed by atoms with Crippen molar-refractivity contribution in [3.05, 3.63) is 35.9 Å². The lowest BCUT2D eigenvalue weighted by Gasteiger charge is -2.28. The van der Waals surface area contributed by atoms with Crippen LogP contribution in [0.4, 0.5) is 0 Å². The molecule has 19 heavy (non-hydrogen) atoms. The normalized spacial score (nSPS) is 11.7. The zero-order chi connectivity index (χ0) is 14.3. The Bertz CT molecular complexity index is 419. The molecular formula is C14H19NO4. The van der Waals surface area contributed by atoms with Gasteiger partial charge in [-0.25, -0.2) is 4.79 Å². The van der Waals surface area contributed by atoms with Crippen LogP contribution in [0.3, 0.4) is 0 Å². The average molecular weight is 265 g/mol. The molecule has 1 rings (SSSR count). The van der Waals surface area contributed by atoms with Crippen LogP contribution in [0.15, 0.2) is 30.3 Å². The van der Waals surface area contributed by atoms with Gasteiger partial charge < -0.3 is 14.4 Å². The highest BCUT2D eigenvalue weighted by molar-refractivity contribution is 5.96. The van der Waals surface area contributed by atoms with Crippen LogP contribution < -0.4 is 0 Å². The summed E-state index contributed by atoms with van der Waals surface area (Å²) in [5, 5.41) is 0. The van der Waals surface area contributed by atoms with Crippen molar-refractivity contribution in [3.8, 4) is 0 Å². The molecule has 0 N–H and O–H groups in total. The van der Waals surface area contributed by atoms with E-state index in [0.29, 0.717) is 12.1 Å². The van der Waals surface area contributed by atoms with Gasteiger partial charge in [-0.15, -0.1) is 0 Å². The second-order valence-electron chi connectivity index (χ2n) is 3.95. The summed E-state index contributed by atoms with van der Waals surface area (Å²) in [6, 6.07) is 8.10. The summed E-state index contributed by atoms with van der Waals surface area (Å²) in [7, 11) is 2.78. The monoisotopic (exact) mass is 265 g/mol. The van der Waals surface area contributed by atoms with Gasteiger partial charge >= 0.3 is 5.97 Å². The van der Waals surface area contributed by atoms with Crippen molar-refractivity contribution in [3.63, 3.8) is 0 Å². The molecule has 0 saturated heterocycles. The first-order valence-corrected chi connectivity index (χ1v) is 6.08. The van der Waals surface area contributed by atoms with E-state index in [1.54, 1.807) is 24.3 Å². The van der Waals surface area contributed by atoms with E-state index in [0.717, 1.165) is 0 Å². The summed E-state index contributed by atoms with van der Waals surface area (Å²) in [5.41, 5.74) is 0.536. The molecule has 1 aromatic rings. The molecule has 0 aliphatic carbocycles.